The second kappa shape index (κ2) is 4.23. The molecule has 5 heteroatoms. The lowest BCUT2D eigenvalue weighted by molar-refractivity contribution is 0.505. The van der Waals surface area contributed by atoms with E-state index in [0.29, 0.717) is 12.0 Å². The van der Waals surface area contributed by atoms with Crippen molar-refractivity contribution >= 4 is 16.7 Å². The number of hydrogen-bond acceptors (Lipinski definition) is 5. The predicted molar refractivity (Wildman–Crippen MR) is 58.5 cm³/mol. The topological polar surface area (TPSA) is 63.8 Å². The summed E-state index contributed by atoms with van der Waals surface area (Å²) >= 11 is 1.42. The summed E-state index contributed by atoms with van der Waals surface area (Å²) in [7, 11) is 0. The zero-order valence-corrected chi connectivity index (χ0v) is 9.18. The van der Waals surface area contributed by atoms with Crippen molar-refractivity contribution in [2.75, 3.05) is 11.9 Å². The Bertz CT molecular complexity index is 299. The monoisotopic (exact) mass is 212 g/mol. The molecule has 0 radical (unpaired) electrons. The van der Waals surface area contributed by atoms with Crippen LogP contribution in [0.3, 0.4) is 0 Å². The summed E-state index contributed by atoms with van der Waals surface area (Å²) in [5.74, 6) is 1.45. The third-order valence-corrected chi connectivity index (χ3v) is 3.52. The smallest absolute Gasteiger partial charge is 0.202 e. The molecule has 1 saturated carbocycles. The van der Waals surface area contributed by atoms with Crippen LogP contribution in [0, 0.1) is 12.8 Å². The number of hydrogen-bond donors (Lipinski definition) is 2. The van der Waals surface area contributed by atoms with Crippen LogP contribution in [0.1, 0.15) is 25.1 Å². The summed E-state index contributed by atoms with van der Waals surface area (Å²) < 4.78 is 4.12. The van der Waals surface area contributed by atoms with Gasteiger partial charge in [0.15, 0.2) is 0 Å². The van der Waals surface area contributed by atoms with Crippen LogP contribution in [0.2, 0.25) is 0 Å². The maximum absolute atomic E-state index is 5.98. The first-order valence-electron chi connectivity index (χ1n) is 5.05. The second-order valence-electron chi connectivity index (χ2n) is 3.88. The largest absolute Gasteiger partial charge is 0.360 e. The summed E-state index contributed by atoms with van der Waals surface area (Å²) in [6.45, 7) is 2.85. The molecule has 0 spiro atoms. The molecule has 78 valence electrons. The fourth-order valence-electron chi connectivity index (χ4n) is 1.91. The highest BCUT2D eigenvalue weighted by atomic mass is 32.1. The highest BCUT2D eigenvalue weighted by Gasteiger charge is 2.23. The minimum atomic E-state index is 0.372. The summed E-state index contributed by atoms with van der Waals surface area (Å²) in [5, 5.41) is 4.22. The van der Waals surface area contributed by atoms with Gasteiger partial charge in [0.2, 0.25) is 5.13 Å². The van der Waals surface area contributed by atoms with Crippen LogP contribution in [0.25, 0.3) is 0 Å². The average molecular weight is 212 g/mol. The van der Waals surface area contributed by atoms with Crippen LogP contribution in [-0.4, -0.2) is 21.9 Å². The molecule has 0 saturated heterocycles. The van der Waals surface area contributed by atoms with Crippen LogP contribution < -0.4 is 11.1 Å². The first-order chi connectivity index (χ1) is 6.75. The third kappa shape index (κ3) is 2.22. The number of nitrogens with one attached hydrogen (secondary N) is 1. The van der Waals surface area contributed by atoms with Crippen molar-refractivity contribution in [2.24, 2.45) is 11.7 Å². The molecule has 0 aromatic carbocycles. The Morgan fingerprint density at radius 3 is 3.00 bits per heavy atom. The molecule has 2 atom stereocenters. The van der Waals surface area contributed by atoms with E-state index in [1.54, 1.807) is 0 Å². The minimum Gasteiger partial charge on any atom is -0.360 e. The quantitative estimate of drug-likeness (QED) is 0.794. The van der Waals surface area contributed by atoms with E-state index >= 15 is 0 Å². The number of rotatable bonds is 3. The highest BCUT2D eigenvalue weighted by molar-refractivity contribution is 7.09. The molecule has 1 aromatic heterocycles. The van der Waals surface area contributed by atoms with E-state index < -0.39 is 0 Å². The Balaban J connectivity index is 1.82. The van der Waals surface area contributed by atoms with E-state index in [4.69, 9.17) is 5.73 Å². The molecule has 2 rings (SSSR count). The number of aromatic nitrogens is 2. The fraction of sp³-hybridized carbons (Fsp3) is 0.778. The lowest BCUT2D eigenvalue weighted by Gasteiger charge is -2.14. The van der Waals surface area contributed by atoms with Crippen molar-refractivity contribution in [1.82, 2.24) is 9.36 Å². The Morgan fingerprint density at radius 2 is 2.43 bits per heavy atom. The van der Waals surface area contributed by atoms with Crippen LogP contribution in [0.15, 0.2) is 0 Å². The highest BCUT2D eigenvalue weighted by Crippen LogP contribution is 2.24. The summed E-state index contributed by atoms with van der Waals surface area (Å²) in [6.07, 6.45) is 3.68. The van der Waals surface area contributed by atoms with E-state index in [-0.39, 0.29) is 0 Å². The molecule has 2 unspecified atom stereocenters. The van der Waals surface area contributed by atoms with Crippen molar-refractivity contribution in [1.29, 1.82) is 0 Å². The third-order valence-electron chi connectivity index (χ3n) is 2.76. The maximum Gasteiger partial charge on any atom is 0.202 e. The van der Waals surface area contributed by atoms with Gasteiger partial charge in [0.25, 0.3) is 0 Å². The molecule has 3 N–H and O–H groups in total. The lowest BCUT2D eigenvalue weighted by atomic mass is 10.1. The molecular weight excluding hydrogens is 196 g/mol. The molecule has 0 amide bonds. The minimum absolute atomic E-state index is 0.372. The zero-order chi connectivity index (χ0) is 9.97. The summed E-state index contributed by atoms with van der Waals surface area (Å²) in [4.78, 5) is 4.25. The van der Waals surface area contributed by atoms with Crippen LogP contribution in [-0.2, 0) is 0 Å². The predicted octanol–water partition coefficient (Wildman–Crippen LogP) is 1.39. The second-order valence-corrected chi connectivity index (χ2v) is 4.63. The van der Waals surface area contributed by atoms with E-state index in [0.717, 1.165) is 17.5 Å². The molecule has 1 heterocycles. The Morgan fingerprint density at radius 1 is 1.57 bits per heavy atom. The van der Waals surface area contributed by atoms with E-state index in [1.165, 1.54) is 30.8 Å². The van der Waals surface area contributed by atoms with Gasteiger partial charge in [0.1, 0.15) is 5.82 Å². The standard InChI is InChI=1S/C9H16N4S/c1-6-12-9(14-13-6)11-5-7-3-2-4-8(7)10/h7-8H,2-5,10H2,1H3,(H,11,12,13). The fourth-order valence-corrected chi connectivity index (χ4v) is 2.49. The van der Waals surface area contributed by atoms with Gasteiger partial charge in [-0.1, -0.05) is 6.42 Å². The molecule has 1 aliphatic rings. The molecule has 14 heavy (non-hydrogen) atoms. The van der Waals surface area contributed by atoms with Crippen LogP contribution in [0.5, 0.6) is 0 Å². The average Bonchev–Trinajstić information content (AvgIpc) is 2.72. The maximum atomic E-state index is 5.98. The molecule has 1 fully saturated rings. The van der Waals surface area contributed by atoms with E-state index in [1.807, 2.05) is 6.92 Å². The first kappa shape index (κ1) is 9.86. The number of nitrogens with two attached hydrogens (primary N) is 1. The molecule has 4 nitrogen and oxygen atoms in total. The van der Waals surface area contributed by atoms with Gasteiger partial charge < -0.3 is 11.1 Å². The van der Waals surface area contributed by atoms with Gasteiger partial charge in [-0.2, -0.15) is 4.37 Å². The zero-order valence-electron chi connectivity index (χ0n) is 8.36. The summed E-state index contributed by atoms with van der Waals surface area (Å²) in [6, 6.07) is 0.372. The van der Waals surface area contributed by atoms with Gasteiger partial charge in [0, 0.05) is 24.1 Å². The van der Waals surface area contributed by atoms with Gasteiger partial charge in [-0.3, -0.25) is 0 Å². The number of anilines is 1. The molecule has 0 bridgehead atoms. The number of aryl methyl sites for hydroxylation is 1. The molecular formula is C9H16N4S. The Hall–Kier alpha value is -0.680. The van der Waals surface area contributed by atoms with Crippen molar-refractivity contribution in [3.8, 4) is 0 Å². The van der Waals surface area contributed by atoms with E-state index in [2.05, 4.69) is 14.7 Å². The van der Waals surface area contributed by atoms with Crippen molar-refractivity contribution in [3.63, 3.8) is 0 Å². The first-order valence-corrected chi connectivity index (χ1v) is 5.83. The van der Waals surface area contributed by atoms with Crippen LogP contribution in [0.4, 0.5) is 5.13 Å². The van der Waals surface area contributed by atoms with Gasteiger partial charge in [-0.15, -0.1) is 0 Å². The normalized spacial score (nSPS) is 26.7. The van der Waals surface area contributed by atoms with Crippen LogP contribution >= 0.6 is 11.5 Å². The van der Waals surface area contributed by atoms with Crippen molar-refractivity contribution in [2.45, 2.75) is 32.2 Å². The summed E-state index contributed by atoms with van der Waals surface area (Å²) in [5.41, 5.74) is 5.98. The Labute approximate surface area is 88.1 Å². The SMILES string of the molecule is Cc1nsc(NCC2CCCC2N)n1. The number of nitrogens with zero attached hydrogens (tertiary/aromatic N) is 2. The molecule has 1 aliphatic carbocycles. The van der Waals surface area contributed by atoms with Gasteiger partial charge in [0.05, 0.1) is 0 Å². The van der Waals surface area contributed by atoms with Crippen molar-refractivity contribution in [3.05, 3.63) is 5.82 Å². The van der Waals surface area contributed by atoms with Gasteiger partial charge >= 0.3 is 0 Å². The molecule has 0 aliphatic heterocycles. The lowest BCUT2D eigenvalue weighted by Crippen LogP contribution is -2.29. The van der Waals surface area contributed by atoms with Crippen molar-refractivity contribution < 1.29 is 0 Å². The Kier molecular flexibility index (Phi) is 2.98. The van der Waals surface area contributed by atoms with Gasteiger partial charge in [-0.05, 0) is 25.7 Å². The van der Waals surface area contributed by atoms with E-state index in [9.17, 15) is 0 Å². The molecule has 1 aromatic rings. The van der Waals surface area contributed by atoms with Gasteiger partial charge in [-0.25, -0.2) is 4.98 Å².